The van der Waals surface area contributed by atoms with Gasteiger partial charge in [-0.1, -0.05) is 6.42 Å². The van der Waals surface area contributed by atoms with Crippen LogP contribution in [0.2, 0.25) is 0 Å². The van der Waals surface area contributed by atoms with E-state index in [1.165, 1.54) is 18.0 Å². The first-order valence-corrected chi connectivity index (χ1v) is 7.68. The Balaban J connectivity index is 2.49. The Morgan fingerprint density at radius 3 is 2.79 bits per heavy atom. The van der Waals surface area contributed by atoms with Gasteiger partial charge in [0.05, 0.1) is 5.25 Å². The molecular weight excluding hydrogens is 218 g/mol. The molecule has 2 atom stereocenters. The average Bonchev–Trinajstić information content (AvgIpc) is 2.14. The standard InChI is InChI=1S/C9H15NO2S2/c1-14(11,12)9-4-2-3-8(5-9)6-13-7-10/h8-9H,2-6H2,1H3/t8-,9-/m0/s1. The number of hydrogen-bond donors (Lipinski definition) is 0. The van der Waals surface area contributed by atoms with E-state index < -0.39 is 9.84 Å². The summed E-state index contributed by atoms with van der Waals surface area (Å²) in [5.41, 5.74) is 0. The van der Waals surface area contributed by atoms with Crippen molar-refractivity contribution in [3.63, 3.8) is 0 Å². The molecule has 0 unspecified atom stereocenters. The molecule has 3 nitrogen and oxygen atoms in total. The van der Waals surface area contributed by atoms with Gasteiger partial charge in [-0.3, -0.25) is 0 Å². The maximum absolute atomic E-state index is 11.3. The van der Waals surface area contributed by atoms with Crippen molar-refractivity contribution in [2.45, 2.75) is 30.9 Å². The molecule has 0 aromatic carbocycles. The lowest BCUT2D eigenvalue weighted by molar-refractivity contribution is 0.388. The summed E-state index contributed by atoms with van der Waals surface area (Å²) in [6, 6.07) is 0. The van der Waals surface area contributed by atoms with Crippen molar-refractivity contribution in [2.24, 2.45) is 5.92 Å². The summed E-state index contributed by atoms with van der Waals surface area (Å²) in [6.07, 6.45) is 4.91. The van der Waals surface area contributed by atoms with Crippen LogP contribution < -0.4 is 0 Å². The second kappa shape index (κ2) is 5.04. The number of nitrogens with zero attached hydrogens (tertiary/aromatic N) is 1. The second-order valence-corrected chi connectivity index (χ2v) is 7.02. The lowest BCUT2D eigenvalue weighted by atomic mass is 9.90. The molecule has 0 radical (unpaired) electrons. The molecule has 0 bridgehead atoms. The molecule has 0 heterocycles. The smallest absolute Gasteiger partial charge is 0.150 e. The van der Waals surface area contributed by atoms with Gasteiger partial charge in [0, 0.05) is 12.0 Å². The predicted octanol–water partition coefficient (Wildman–Crippen LogP) is 1.80. The van der Waals surface area contributed by atoms with E-state index in [0.717, 1.165) is 31.4 Å². The third-order valence-corrected chi connectivity index (χ3v) is 5.13. The van der Waals surface area contributed by atoms with Crippen LogP contribution in [0.5, 0.6) is 0 Å². The van der Waals surface area contributed by atoms with Crippen LogP contribution in [0, 0.1) is 16.6 Å². The minimum absolute atomic E-state index is 0.166. The van der Waals surface area contributed by atoms with Crippen molar-refractivity contribution in [1.29, 1.82) is 5.26 Å². The van der Waals surface area contributed by atoms with E-state index in [2.05, 4.69) is 0 Å². The van der Waals surface area contributed by atoms with Crippen molar-refractivity contribution < 1.29 is 8.42 Å². The molecule has 5 heteroatoms. The van der Waals surface area contributed by atoms with Gasteiger partial charge in [-0.25, -0.2) is 8.42 Å². The predicted molar refractivity (Wildman–Crippen MR) is 58.7 cm³/mol. The minimum atomic E-state index is -2.88. The van der Waals surface area contributed by atoms with Gasteiger partial charge in [0.15, 0.2) is 0 Å². The molecule has 0 N–H and O–H groups in total. The summed E-state index contributed by atoms with van der Waals surface area (Å²) in [4.78, 5) is 0. The molecule has 14 heavy (non-hydrogen) atoms. The van der Waals surface area contributed by atoms with E-state index in [-0.39, 0.29) is 5.25 Å². The van der Waals surface area contributed by atoms with Gasteiger partial charge < -0.3 is 0 Å². The molecule has 0 aliphatic heterocycles. The summed E-state index contributed by atoms with van der Waals surface area (Å²) >= 11 is 1.24. The fraction of sp³-hybridized carbons (Fsp3) is 0.889. The highest BCUT2D eigenvalue weighted by Gasteiger charge is 2.28. The Kier molecular flexibility index (Phi) is 4.27. The van der Waals surface area contributed by atoms with Crippen LogP contribution in [0.3, 0.4) is 0 Å². The van der Waals surface area contributed by atoms with Crippen molar-refractivity contribution >= 4 is 21.6 Å². The van der Waals surface area contributed by atoms with Crippen LogP contribution in [-0.2, 0) is 9.84 Å². The SMILES string of the molecule is CS(=O)(=O)[C@H]1CCC[C@H](CSC#N)C1. The Morgan fingerprint density at radius 2 is 2.21 bits per heavy atom. The summed E-state index contributed by atoms with van der Waals surface area (Å²) in [6.45, 7) is 0. The van der Waals surface area contributed by atoms with E-state index in [9.17, 15) is 8.42 Å². The Hall–Kier alpha value is -0.210. The molecule has 0 saturated heterocycles. The molecule has 0 aromatic rings. The Labute approximate surface area is 89.8 Å². The Morgan fingerprint density at radius 1 is 1.50 bits per heavy atom. The normalized spacial score (nSPS) is 28.3. The van der Waals surface area contributed by atoms with Crippen molar-refractivity contribution in [3.8, 4) is 5.40 Å². The fourth-order valence-electron chi connectivity index (χ4n) is 1.94. The molecule has 1 aliphatic rings. The third-order valence-electron chi connectivity index (χ3n) is 2.72. The first-order chi connectivity index (χ1) is 6.54. The highest BCUT2D eigenvalue weighted by atomic mass is 32.2. The van der Waals surface area contributed by atoms with Crippen LogP contribution in [0.4, 0.5) is 0 Å². The van der Waals surface area contributed by atoms with Gasteiger partial charge in [-0.05, 0) is 36.9 Å². The maximum atomic E-state index is 11.3. The highest BCUT2D eigenvalue weighted by Crippen LogP contribution is 2.30. The zero-order valence-electron chi connectivity index (χ0n) is 8.27. The van der Waals surface area contributed by atoms with Crippen molar-refractivity contribution in [3.05, 3.63) is 0 Å². The molecule has 1 fully saturated rings. The van der Waals surface area contributed by atoms with Crippen LogP contribution in [0.15, 0.2) is 0 Å². The van der Waals surface area contributed by atoms with Gasteiger partial charge >= 0.3 is 0 Å². The number of hydrogen-bond acceptors (Lipinski definition) is 4. The van der Waals surface area contributed by atoms with E-state index in [4.69, 9.17) is 5.26 Å². The van der Waals surface area contributed by atoms with E-state index in [1.54, 1.807) is 0 Å². The van der Waals surface area contributed by atoms with Crippen LogP contribution in [0.25, 0.3) is 0 Å². The number of thiocyanates is 1. The number of sulfone groups is 1. The van der Waals surface area contributed by atoms with Gasteiger partial charge in [0.2, 0.25) is 0 Å². The number of rotatable bonds is 3. The zero-order chi connectivity index (χ0) is 10.6. The quantitative estimate of drug-likeness (QED) is 0.697. The monoisotopic (exact) mass is 233 g/mol. The van der Waals surface area contributed by atoms with E-state index in [0.29, 0.717) is 5.92 Å². The highest BCUT2D eigenvalue weighted by molar-refractivity contribution is 8.03. The summed E-state index contributed by atoms with van der Waals surface area (Å²) < 4.78 is 22.7. The lowest BCUT2D eigenvalue weighted by Gasteiger charge is -2.26. The maximum Gasteiger partial charge on any atom is 0.150 e. The third kappa shape index (κ3) is 3.50. The molecule has 0 spiro atoms. The van der Waals surface area contributed by atoms with Crippen molar-refractivity contribution in [1.82, 2.24) is 0 Å². The van der Waals surface area contributed by atoms with Gasteiger partial charge in [0.25, 0.3) is 0 Å². The molecule has 0 aromatic heterocycles. The molecule has 80 valence electrons. The second-order valence-electron chi connectivity index (χ2n) is 3.89. The summed E-state index contributed by atoms with van der Waals surface area (Å²) in [5, 5.41) is 10.3. The first-order valence-electron chi connectivity index (χ1n) is 4.73. The summed E-state index contributed by atoms with van der Waals surface area (Å²) in [7, 11) is -2.88. The molecule has 1 saturated carbocycles. The molecule has 1 aliphatic carbocycles. The first kappa shape index (κ1) is 11.9. The van der Waals surface area contributed by atoms with Crippen molar-refractivity contribution in [2.75, 3.05) is 12.0 Å². The Bertz CT molecular complexity index is 318. The fourth-order valence-corrected chi connectivity index (χ4v) is 3.77. The average molecular weight is 233 g/mol. The van der Waals surface area contributed by atoms with Gasteiger partial charge in [0.1, 0.15) is 15.2 Å². The zero-order valence-corrected chi connectivity index (χ0v) is 9.90. The van der Waals surface area contributed by atoms with E-state index >= 15 is 0 Å². The topological polar surface area (TPSA) is 57.9 Å². The van der Waals surface area contributed by atoms with Crippen LogP contribution in [0.1, 0.15) is 25.7 Å². The number of thioether (sulfide) groups is 1. The lowest BCUT2D eigenvalue weighted by Crippen LogP contribution is -2.28. The molecular formula is C9H15NO2S2. The number of nitriles is 1. The van der Waals surface area contributed by atoms with Gasteiger partial charge in [-0.15, -0.1) is 0 Å². The molecule has 1 rings (SSSR count). The van der Waals surface area contributed by atoms with Gasteiger partial charge in [-0.2, -0.15) is 5.26 Å². The van der Waals surface area contributed by atoms with Crippen LogP contribution in [-0.4, -0.2) is 25.7 Å². The molecule has 0 amide bonds. The van der Waals surface area contributed by atoms with E-state index in [1.807, 2.05) is 5.40 Å². The van der Waals surface area contributed by atoms with Crippen LogP contribution >= 0.6 is 11.8 Å². The minimum Gasteiger partial charge on any atom is -0.229 e. The summed E-state index contributed by atoms with van der Waals surface area (Å²) in [5.74, 6) is 1.19. The largest absolute Gasteiger partial charge is 0.229 e.